The lowest BCUT2D eigenvalue weighted by molar-refractivity contribution is -0.933. The van der Waals surface area contributed by atoms with E-state index in [1.807, 2.05) is 0 Å². The van der Waals surface area contributed by atoms with Gasteiger partial charge in [0.15, 0.2) is 0 Å². The van der Waals surface area contributed by atoms with E-state index in [0.29, 0.717) is 6.04 Å². The van der Waals surface area contributed by atoms with E-state index in [4.69, 9.17) is 0 Å². The van der Waals surface area contributed by atoms with E-state index < -0.39 is 0 Å². The fraction of sp³-hybridized carbons (Fsp3) is 0.556. The van der Waals surface area contributed by atoms with Gasteiger partial charge < -0.3 is 14.6 Å². The fourth-order valence-electron chi connectivity index (χ4n) is 4.54. The number of likely N-dealkylation sites (N-methyl/N-ethyl adjacent to an activating group) is 1. The molecule has 1 aromatic carbocycles. The van der Waals surface area contributed by atoms with Crippen molar-refractivity contribution in [3.8, 4) is 0 Å². The molecule has 0 amide bonds. The van der Waals surface area contributed by atoms with Crippen LogP contribution in [0.25, 0.3) is 10.9 Å². The second kappa shape index (κ2) is 4.85. The van der Waals surface area contributed by atoms with E-state index in [9.17, 15) is 5.11 Å². The van der Waals surface area contributed by atoms with Crippen molar-refractivity contribution in [2.75, 3.05) is 13.1 Å². The fourth-order valence-corrected chi connectivity index (χ4v) is 4.54. The van der Waals surface area contributed by atoms with Gasteiger partial charge >= 0.3 is 0 Å². The Morgan fingerprint density at radius 2 is 2.24 bits per heavy atom. The average Bonchev–Trinajstić information content (AvgIpc) is 2.69. The lowest BCUT2D eigenvalue weighted by Gasteiger charge is -2.30. The van der Waals surface area contributed by atoms with Crippen LogP contribution in [-0.2, 0) is 13.0 Å². The largest absolute Gasteiger partial charge is 0.385 e. The number of fused-ring (bicyclic) bond motifs is 3. The summed E-state index contributed by atoms with van der Waals surface area (Å²) in [6.07, 6.45) is 3.51. The standard InChI is InChI=1S/C18H24N2O/c1-3-19-10-13(21)11-20-16-8-7-12(2)9-15(16)14-5-4-6-17(19)18(14)20/h7-9,13,17,21H,3-6,10-11H2,1-2H3/p+1/t13-,17+/m1/s1. The Morgan fingerprint density at radius 1 is 1.38 bits per heavy atom. The van der Waals surface area contributed by atoms with Crippen LogP contribution in [0.4, 0.5) is 0 Å². The third kappa shape index (κ3) is 1.95. The molecular weight excluding hydrogens is 260 g/mol. The minimum Gasteiger partial charge on any atom is -0.385 e. The van der Waals surface area contributed by atoms with Gasteiger partial charge in [0.2, 0.25) is 0 Å². The Labute approximate surface area is 126 Å². The maximum atomic E-state index is 10.5. The molecule has 3 nitrogen and oxygen atoms in total. The Morgan fingerprint density at radius 3 is 3.05 bits per heavy atom. The first-order valence-corrected chi connectivity index (χ1v) is 8.33. The number of aliphatic hydroxyl groups excluding tert-OH is 1. The zero-order valence-electron chi connectivity index (χ0n) is 13.0. The molecule has 2 aromatic rings. The molecule has 1 unspecified atom stereocenters. The first kappa shape index (κ1) is 13.4. The van der Waals surface area contributed by atoms with E-state index in [-0.39, 0.29) is 6.10 Å². The molecule has 2 aliphatic rings. The highest BCUT2D eigenvalue weighted by atomic mass is 16.3. The lowest BCUT2D eigenvalue weighted by atomic mass is 9.90. The summed E-state index contributed by atoms with van der Waals surface area (Å²) in [6.45, 7) is 7.17. The predicted molar refractivity (Wildman–Crippen MR) is 84.7 cm³/mol. The zero-order valence-corrected chi connectivity index (χ0v) is 13.0. The van der Waals surface area contributed by atoms with Crippen LogP contribution in [-0.4, -0.2) is 28.9 Å². The van der Waals surface area contributed by atoms with Gasteiger partial charge in [-0.1, -0.05) is 11.6 Å². The Balaban J connectivity index is 2.01. The second-order valence-electron chi connectivity index (χ2n) is 6.81. The monoisotopic (exact) mass is 285 g/mol. The number of quaternary nitrogens is 1. The van der Waals surface area contributed by atoms with Crippen molar-refractivity contribution in [3.63, 3.8) is 0 Å². The van der Waals surface area contributed by atoms with Crippen molar-refractivity contribution in [2.45, 2.75) is 51.8 Å². The molecule has 0 radical (unpaired) electrons. The summed E-state index contributed by atoms with van der Waals surface area (Å²) < 4.78 is 2.43. The molecule has 21 heavy (non-hydrogen) atoms. The van der Waals surface area contributed by atoms with Crippen LogP contribution in [0.3, 0.4) is 0 Å². The van der Waals surface area contributed by atoms with E-state index in [0.717, 1.165) is 19.6 Å². The minimum atomic E-state index is -0.230. The Bertz CT molecular complexity index is 688. The third-order valence-electron chi connectivity index (χ3n) is 5.46. The van der Waals surface area contributed by atoms with E-state index in [2.05, 4.69) is 36.6 Å². The molecular formula is C18H25N2O+. The first-order valence-electron chi connectivity index (χ1n) is 8.33. The van der Waals surface area contributed by atoms with Crippen LogP contribution in [0.1, 0.15) is 42.6 Å². The van der Waals surface area contributed by atoms with Crippen molar-refractivity contribution in [2.24, 2.45) is 0 Å². The van der Waals surface area contributed by atoms with Crippen LogP contribution >= 0.6 is 0 Å². The molecule has 1 aromatic heterocycles. The van der Waals surface area contributed by atoms with Gasteiger partial charge in [-0.25, -0.2) is 0 Å². The van der Waals surface area contributed by atoms with Crippen molar-refractivity contribution < 1.29 is 10.0 Å². The molecule has 3 heteroatoms. The highest BCUT2D eigenvalue weighted by Crippen LogP contribution is 2.37. The van der Waals surface area contributed by atoms with Crippen LogP contribution in [0.5, 0.6) is 0 Å². The Hall–Kier alpha value is -1.32. The molecule has 1 aliphatic heterocycles. The number of aryl methyl sites for hydroxylation is 2. The molecule has 0 spiro atoms. The lowest BCUT2D eigenvalue weighted by Crippen LogP contribution is -3.13. The van der Waals surface area contributed by atoms with Gasteiger partial charge in [0, 0.05) is 17.3 Å². The van der Waals surface area contributed by atoms with Gasteiger partial charge in [-0.15, -0.1) is 0 Å². The number of nitrogens with one attached hydrogen (secondary N) is 1. The Kier molecular flexibility index (Phi) is 3.09. The number of hydrogen-bond acceptors (Lipinski definition) is 1. The number of nitrogens with zero attached hydrogens (tertiary/aromatic N) is 1. The van der Waals surface area contributed by atoms with Gasteiger partial charge in [-0.2, -0.15) is 0 Å². The van der Waals surface area contributed by atoms with E-state index in [1.165, 1.54) is 41.4 Å². The normalized spacial score (nSPS) is 28.4. The van der Waals surface area contributed by atoms with Crippen molar-refractivity contribution in [1.82, 2.24) is 4.57 Å². The smallest absolute Gasteiger partial charge is 0.129 e. The van der Waals surface area contributed by atoms with Crippen LogP contribution in [0.2, 0.25) is 0 Å². The number of rotatable bonds is 1. The summed E-state index contributed by atoms with van der Waals surface area (Å²) in [5.74, 6) is 0. The number of benzene rings is 1. The van der Waals surface area contributed by atoms with Crippen molar-refractivity contribution in [1.29, 1.82) is 0 Å². The van der Waals surface area contributed by atoms with Gasteiger partial charge in [0.05, 0.1) is 18.8 Å². The number of aromatic nitrogens is 1. The summed E-state index contributed by atoms with van der Waals surface area (Å²) in [6, 6.07) is 7.37. The summed E-state index contributed by atoms with van der Waals surface area (Å²) in [4.78, 5) is 1.56. The molecule has 0 bridgehead atoms. The molecule has 0 saturated carbocycles. The predicted octanol–water partition coefficient (Wildman–Crippen LogP) is 1.61. The molecule has 2 heterocycles. The maximum absolute atomic E-state index is 10.5. The number of aliphatic hydroxyl groups is 1. The molecule has 1 aliphatic carbocycles. The second-order valence-corrected chi connectivity index (χ2v) is 6.81. The topological polar surface area (TPSA) is 29.6 Å². The van der Waals surface area contributed by atoms with Crippen LogP contribution < -0.4 is 4.90 Å². The molecule has 3 atom stereocenters. The van der Waals surface area contributed by atoms with Crippen LogP contribution in [0, 0.1) is 6.92 Å². The quantitative estimate of drug-likeness (QED) is 0.819. The summed E-state index contributed by atoms with van der Waals surface area (Å²) >= 11 is 0. The number of hydrogen-bond donors (Lipinski definition) is 2. The van der Waals surface area contributed by atoms with Gasteiger partial charge in [-0.05, 0) is 44.4 Å². The molecule has 4 rings (SSSR count). The van der Waals surface area contributed by atoms with Gasteiger partial charge in [-0.3, -0.25) is 0 Å². The van der Waals surface area contributed by atoms with Crippen molar-refractivity contribution >= 4 is 10.9 Å². The average molecular weight is 285 g/mol. The highest BCUT2D eigenvalue weighted by Gasteiger charge is 2.37. The third-order valence-corrected chi connectivity index (χ3v) is 5.46. The zero-order chi connectivity index (χ0) is 14.6. The summed E-state index contributed by atoms with van der Waals surface area (Å²) in [5.41, 5.74) is 5.75. The maximum Gasteiger partial charge on any atom is 0.129 e. The van der Waals surface area contributed by atoms with Crippen LogP contribution in [0.15, 0.2) is 18.2 Å². The highest BCUT2D eigenvalue weighted by molar-refractivity contribution is 5.86. The molecule has 0 saturated heterocycles. The van der Waals surface area contributed by atoms with E-state index in [1.54, 1.807) is 10.5 Å². The molecule has 2 N–H and O–H groups in total. The van der Waals surface area contributed by atoms with E-state index >= 15 is 0 Å². The van der Waals surface area contributed by atoms with Crippen molar-refractivity contribution in [3.05, 3.63) is 35.0 Å². The molecule has 112 valence electrons. The van der Waals surface area contributed by atoms with Gasteiger partial charge in [0.1, 0.15) is 18.7 Å². The van der Waals surface area contributed by atoms with Gasteiger partial charge in [0.25, 0.3) is 0 Å². The minimum absolute atomic E-state index is 0.230. The first-order chi connectivity index (χ1) is 10.2. The molecule has 0 fully saturated rings. The summed E-state index contributed by atoms with van der Waals surface area (Å²) in [7, 11) is 0. The summed E-state index contributed by atoms with van der Waals surface area (Å²) in [5, 5.41) is 11.9. The SMILES string of the molecule is CC[NH+]1C[C@@H](O)Cn2c3c(c4cc(C)ccc42)CCC[C@@H]31.